The smallest absolute Gasteiger partial charge is 0.433 e. The van der Waals surface area contributed by atoms with Gasteiger partial charge in [0.15, 0.2) is 0 Å². The summed E-state index contributed by atoms with van der Waals surface area (Å²) in [5.74, 6) is 0. The highest BCUT2D eigenvalue weighted by atomic mass is 19.4. The number of rotatable bonds is 3. The van der Waals surface area contributed by atoms with Crippen LogP contribution in [0.2, 0.25) is 0 Å². The lowest BCUT2D eigenvalue weighted by atomic mass is 9.44. The average Bonchev–Trinajstić information content (AvgIpc) is 2.89. The van der Waals surface area contributed by atoms with E-state index in [4.69, 9.17) is 5.11 Å². The Morgan fingerprint density at radius 2 is 1.92 bits per heavy atom. The van der Waals surface area contributed by atoms with Crippen molar-refractivity contribution in [3.8, 4) is 11.1 Å². The molecular weight excluding hydrogens is 323 g/mol. The number of halogens is 3. The zero-order valence-electron chi connectivity index (χ0n) is 12.5. The second-order valence-corrected chi connectivity index (χ2v) is 6.70. The molecule has 2 aromatic heterocycles. The van der Waals surface area contributed by atoms with Gasteiger partial charge in [-0.15, -0.1) is 0 Å². The Morgan fingerprint density at radius 3 is 2.46 bits per heavy atom. The van der Waals surface area contributed by atoms with Crippen LogP contribution >= 0.6 is 0 Å². The van der Waals surface area contributed by atoms with Crippen LogP contribution in [-0.2, 0) is 11.7 Å². The fraction of sp³-hybridized carbons (Fsp3) is 0.375. The van der Waals surface area contributed by atoms with Crippen molar-refractivity contribution in [3.63, 3.8) is 0 Å². The normalized spacial score (nSPS) is 28.0. The van der Waals surface area contributed by atoms with E-state index in [0.29, 0.717) is 5.56 Å². The summed E-state index contributed by atoms with van der Waals surface area (Å²) in [5, 5.41) is 11.4. The predicted octanol–water partition coefficient (Wildman–Crippen LogP) is 3.47. The van der Waals surface area contributed by atoms with Crippen LogP contribution in [0.3, 0.4) is 0 Å². The molecule has 3 saturated carbocycles. The highest BCUT2D eigenvalue weighted by molar-refractivity contribution is 5.67. The number of aromatic nitrogens is 2. The van der Waals surface area contributed by atoms with Crippen molar-refractivity contribution in [1.29, 1.82) is 0 Å². The van der Waals surface area contributed by atoms with Gasteiger partial charge in [0.25, 0.3) is 0 Å². The van der Waals surface area contributed by atoms with Crippen molar-refractivity contribution >= 4 is 6.09 Å². The molecule has 5 nitrogen and oxygen atoms in total. The first-order chi connectivity index (χ1) is 11.2. The van der Waals surface area contributed by atoms with Gasteiger partial charge in [0.2, 0.25) is 0 Å². The lowest BCUT2D eigenvalue weighted by molar-refractivity contribution is -0.141. The van der Waals surface area contributed by atoms with E-state index < -0.39 is 18.0 Å². The Balaban J connectivity index is 1.50. The van der Waals surface area contributed by atoms with Gasteiger partial charge in [-0.2, -0.15) is 13.2 Å². The van der Waals surface area contributed by atoms with Gasteiger partial charge in [0.05, 0.1) is 11.1 Å². The number of alkyl halides is 3. The molecule has 2 bridgehead atoms. The highest BCUT2D eigenvalue weighted by Gasteiger charge is 2.69. The highest BCUT2D eigenvalue weighted by Crippen LogP contribution is 2.65. The quantitative estimate of drug-likeness (QED) is 0.901. The third-order valence-corrected chi connectivity index (χ3v) is 5.00. The van der Waals surface area contributed by atoms with Crippen LogP contribution in [-0.4, -0.2) is 26.3 Å². The standard InChI is InChI=1S/C16H14F3N3O2/c17-16(18,19)12-2-1-10(5-20-12)11-3-4-22(6-11)15-7-14(8-15,9-15)21-13(23)24/h1-6,21H,7-9H2,(H,23,24). The Labute approximate surface area is 135 Å². The molecule has 0 atom stereocenters. The molecule has 0 aromatic carbocycles. The van der Waals surface area contributed by atoms with E-state index in [-0.39, 0.29) is 11.1 Å². The molecule has 0 radical (unpaired) electrons. The van der Waals surface area contributed by atoms with Crippen molar-refractivity contribution < 1.29 is 23.1 Å². The predicted molar refractivity (Wildman–Crippen MR) is 78.4 cm³/mol. The average molecular weight is 337 g/mol. The maximum absolute atomic E-state index is 12.6. The number of nitrogens with one attached hydrogen (secondary N) is 1. The van der Waals surface area contributed by atoms with E-state index in [2.05, 4.69) is 10.3 Å². The van der Waals surface area contributed by atoms with Crippen LogP contribution in [0.15, 0.2) is 36.8 Å². The molecule has 3 aliphatic carbocycles. The third-order valence-electron chi connectivity index (χ3n) is 5.00. The van der Waals surface area contributed by atoms with E-state index in [1.54, 1.807) is 0 Å². The molecule has 8 heteroatoms. The number of carbonyl (C=O) groups is 1. The molecule has 1 amide bonds. The fourth-order valence-electron chi connectivity index (χ4n) is 3.96. The van der Waals surface area contributed by atoms with Gasteiger partial charge in [-0.1, -0.05) is 6.07 Å². The second kappa shape index (κ2) is 4.52. The molecule has 2 N–H and O–H groups in total. The van der Waals surface area contributed by atoms with Gasteiger partial charge in [-0.05, 0) is 31.4 Å². The largest absolute Gasteiger partial charge is 0.465 e. The summed E-state index contributed by atoms with van der Waals surface area (Å²) in [6, 6.07) is 4.21. The maximum atomic E-state index is 12.6. The molecule has 0 spiro atoms. The first kappa shape index (κ1) is 15.0. The minimum atomic E-state index is -4.44. The van der Waals surface area contributed by atoms with Crippen LogP contribution in [0.4, 0.5) is 18.0 Å². The monoisotopic (exact) mass is 337 g/mol. The number of hydrogen-bond donors (Lipinski definition) is 2. The minimum absolute atomic E-state index is 0.0694. The zero-order chi connectivity index (χ0) is 17.2. The molecule has 3 fully saturated rings. The van der Waals surface area contributed by atoms with Gasteiger partial charge in [-0.25, -0.2) is 4.79 Å². The van der Waals surface area contributed by atoms with Gasteiger partial charge >= 0.3 is 12.3 Å². The summed E-state index contributed by atoms with van der Waals surface area (Å²) in [7, 11) is 0. The SMILES string of the molecule is O=C(O)NC12CC(n3ccc(-c4ccc(C(F)(F)F)nc4)c3)(C1)C2. The number of amides is 1. The number of nitrogens with zero attached hydrogens (tertiary/aromatic N) is 2. The first-order valence-corrected chi connectivity index (χ1v) is 7.45. The van der Waals surface area contributed by atoms with E-state index >= 15 is 0 Å². The van der Waals surface area contributed by atoms with Crippen molar-refractivity contribution in [2.24, 2.45) is 0 Å². The Bertz CT molecular complexity index is 791. The molecular formula is C16H14F3N3O2. The minimum Gasteiger partial charge on any atom is -0.465 e. The molecule has 0 aliphatic heterocycles. The molecule has 2 heterocycles. The van der Waals surface area contributed by atoms with Crippen molar-refractivity contribution in [2.45, 2.75) is 36.5 Å². The van der Waals surface area contributed by atoms with Crippen LogP contribution in [0.5, 0.6) is 0 Å². The number of carboxylic acid groups (broad SMARTS) is 1. The van der Waals surface area contributed by atoms with Gasteiger partial charge in [-0.3, -0.25) is 4.98 Å². The molecule has 0 saturated heterocycles. The van der Waals surface area contributed by atoms with Crippen LogP contribution < -0.4 is 5.32 Å². The van der Waals surface area contributed by atoms with Crippen LogP contribution in [0, 0.1) is 0 Å². The van der Waals surface area contributed by atoms with E-state index in [9.17, 15) is 18.0 Å². The summed E-state index contributed by atoms with van der Waals surface area (Å²) in [4.78, 5) is 14.2. The Morgan fingerprint density at radius 1 is 1.21 bits per heavy atom. The summed E-state index contributed by atoms with van der Waals surface area (Å²) in [6.07, 6.45) is 1.76. The topological polar surface area (TPSA) is 67.2 Å². The fourth-order valence-corrected chi connectivity index (χ4v) is 3.96. The Hall–Kier alpha value is -2.51. The van der Waals surface area contributed by atoms with Gasteiger partial charge in [0.1, 0.15) is 5.69 Å². The summed E-state index contributed by atoms with van der Waals surface area (Å²) in [6.45, 7) is 0. The Kier molecular flexibility index (Phi) is 2.83. The molecule has 0 unspecified atom stereocenters. The molecule has 3 aliphatic rings. The summed E-state index contributed by atoms with van der Waals surface area (Å²) < 4.78 is 39.7. The van der Waals surface area contributed by atoms with Crippen LogP contribution in [0.25, 0.3) is 11.1 Å². The number of pyridine rings is 1. The van der Waals surface area contributed by atoms with E-state index in [0.717, 1.165) is 30.9 Å². The van der Waals surface area contributed by atoms with Crippen molar-refractivity contribution in [2.75, 3.05) is 0 Å². The van der Waals surface area contributed by atoms with Crippen molar-refractivity contribution in [1.82, 2.24) is 14.9 Å². The molecule has 24 heavy (non-hydrogen) atoms. The molecule has 2 aromatic rings. The second-order valence-electron chi connectivity index (χ2n) is 6.70. The summed E-state index contributed by atoms with van der Waals surface area (Å²) >= 11 is 0. The van der Waals surface area contributed by atoms with Crippen molar-refractivity contribution in [3.05, 3.63) is 42.5 Å². The van der Waals surface area contributed by atoms with E-state index in [1.807, 2.05) is 23.0 Å². The zero-order valence-corrected chi connectivity index (χ0v) is 12.5. The summed E-state index contributed by atoms with van der Waals surface area (Å²) in [5.41, 5.74) is 0.131. The molecule has 5 rings (SSSR count). The van der Waals surface area contributed by atoms with E-state index in [1.165, 1.54) is 12.3 Å². The maximum Gasteiger partial charge on any atom is 0.433 e. The lowest BCUT2D eigenvalue weighted by Gasteiger charge is -2.70. The first-order valence-electron chi connectivity index (χ1n) is 7.45. The van der Waals surface area contributed by atoms with Gasteiger partial charge in [0, 0.05) is 29.7 Å². The van der Waals surface area contributed by atoms with Crippen LogP contribution in [0.1, 0.15) is 25.0 Å². The van der Waals surface area contributed by atoms with Gasteiger partial charge < -0.3 is 15.0 Å². The number of hydrogen-bond acceptors (Lipinski definition) is 2. The molecule has 126 valence electrons. The lowest BCUT2D eigenvalue weighted by Crippen LogP contribution is -2.78. The third kappa shape index (κ3) is 2.16.